The summed E-state index contributed by atoms with van der Waals surface area (Å²) in [5, 5.41) is 8.72. The fourth-order valence-corrected chi connectivity index (χ4v) is 2.09. The highest BCUT2D eigenvalue weighted by Crippen LogP contribution is 2.27. The minimum atomic E-state index is 0.382. The summed E-state index contributed by atoms with van der Waals surface area (Å²) in [6, 6.07) is 5.49. The van der Waals surface area contributed by atoms with Gasteiger partial charge in [0, 0.05) is 6.54 Å². The summed E-state index contributed by atoms with van der Waals surface area (Å²) in [4.78, 5) is 0. The molecular formula is C12H15ClN4O. The van der Waals surface area contributed by atoms with Crippen LogP contribution >= 0.6 is 11.6 Å². The number of aromatic nitrogens is 3. The van der Waals surface area contributed by atoms with Crippen LogP contribution in [0.2, 0.25) is 5.02 Å². The monoisotopic (exact) mass is 266 g/mol. The van der Waals surface area contributed by atoms with Crippen LogP contribution in [0.1, 0.15) is 18.3 Å². The topological polar surface area (TPSA) is 66.0 Å². The molecule has 1 heterocycles. The summed E-state index contributed by atoms with van der Waals surface area (Å²) in [5.74, 6) is 0.637. The van der Waals surface area contributed by atoms with Gasteiger partial charge in [-0.25, -0.2) is 4.68 Å². The number of nitrogens with two attached hydrogens (primary N) is 1. The molecule has 0 aliphatic carbocycles. The maximum Gasteiger partial charge on any atom is 0.137 e. The van der Waals surface area contributed by atoms with E-state index in [1.807, 2.05) is 13.0 Å². The summed E-state index contributed by atoms with van der Waals surface area (Å²) in [6.07, 6.45) is 0.809. The molecule has 1 aromatic carbocycles. The van der Waals surface area contributed by atoms with Gasteiger partial charge in [0.05, 0.1) is 29.2 Å². The van der Waals surface area contributed by atoms with Crippen molar-refractivity contribution in [2.45, 2.75) is 19.9 Å². The highest BCUT2D eigenvalue weighted by molar-refractivity contribution is 6.32. The Bertz CT molecular complexity index is 553. The lowest BCUT2D eigenvalue weighted by Crippen LogP contribution is -2.05. The van der Waals surface area contributed by atoms with Crippen LogP contribution in [-0.2, 0) is 13.0 Å². The molecule has 5 nitrogen and oxygen atoms in total. The second kappa shape index (κ2) is 5.37. The molecule has 0 aliphatic rings. The number of nitrogens with zero attached hydrogens (tertiary/aromatic N) is 3. The smallest absolute Gasteiger partial charge is 0.137 e. The van der Waals surface area contributed by atoms with Gasteiger partial charge in [0.1, 0.15) is 5.75 Å². The SMILES string of the molecule is CCc1c(CN)nnn1-c1ccc(OC)c(Cl)c1. The fourth-order valence-electron chi connectivity index (χ4n) is 1.84. The van der Waals surface area contributed by atoms with Crippen molar-refractivity contribution in [2.24, 2.45) is 5.73 Å². The average Bonchev–Trinajstić information content (AvgIpc) is 2.81. The van der Waals surface area contributed by atoms with E-state index in [0.29, 0.717) is 17.3 Å². The van der Waals surface area contributed by atoms with E-state index >= 15 is 0 Å². The molecule has 0 saturated heterocycles. The van der Waals surface area contributed by atoms with Crippen molar-refractivity contribution in [3.05, 3.63) is 34.6 Å². The zero-order valence-corrected chi connectivity index (χ0v) is 11.1. The summed E-state index contributed by atoms with van der Waals surface area (Å²) < 4.78 is 6.88. The first kappa shape index (κ1) is 12.9. The van der Waals surface area contributed by atoms with Crippen LogP contribution in [0.15, 0.2) is 18.2 Å². The van der Waals surface area contributed by atoms with Gasteiger partial charge < -0.3 is 10.5 Å². The van der Waals surface area contributed by atoms with Gasteiger partial charge >= 0.3 is 0 Å². The van der Waals surface area contributed by atoms with Crippen molar-refractivity contribution in [1.82, 2.24) is 15.0 Å². The van der Waals surface area contributed by atoms with Crippen molar-refractivity contribution >= 4 is 11.6 Å². The van der Waals surface area contributed by atoms with Gasteiger partial charge in [0.2, 0.25) is 0 Å². The molecule has 6 heteroatoms. The second-order valence-corrected chi connectivity index (χ2v) is 4.18. The van der Waals surface area contributed by atoms with Gasteiger partial charge in [-0.05, 0) is 24.6 Å². The van der Waals surface area contributed by atoms with Gasteiger partial charge in [-0.1, -0.05) is 23.7 Å². The van der Waals surface area contributed by atoms with E-state index in [4.69, 9.17) is 22.1 Å². The van der Waals surface area contributed by atoms with Crippen LogP contribution in [0.3, 0.4) is 0 Å². The van der Waals surface area contributed by atoms with Gasteiger partial charge in [-0.3, -0.25) is 0 Å². The maximum atomic E-state index is 6.10. The maximum absolute atomic E-state index is 6.10. The predicted octanol–water partition coefficient (Wildman–Crippen LogP) is 1.95. The highest BCUT2D eigenvalue weighted by atomic mass is 35.5. The number of benzene rings is 1. The van der Waals surface area contributed by atoms with Crippen LogP contribution in [-0.4, -0.2) is 22.1 Å². The third-order valence-corrected chi connectivity index (χ3v) is 3.05. The molecule has 0 aliphatic heterocycles. The Labute approximate surface area is 111 Å². The molecule has 2 aromatic rings. The molecule has 2 rings (SSSR count). The first-order valence-corrected chi connectivity index (χ1v) is 6.06. The van der Waals surface area contributed by atoms with Gasteiger partial charge in [0.25, 0.3) is 0 Å². The van der Waals surface area contributed by atoms with Crippen LogP contribution in [0, 0.1) is 0 Å². The Balaban J connectivity index is 2.48. The molecule has 96 valence electrons. The third kappa shape index (κ3) is 2.19. The molecule has 1 aromatic heterocycles. The van der Waals surface area contributed by atoms with Crippen LogP contribution < -0.4 is 10.5 Å². The van der Waals surface area contributed by atoms with Crippen molar-refractivity contribution in [1.29, 1.82) is 0 Å². The molecule has 0 spiro atoms. The van der Waals surface area contributed by atoms with E-state index in [0.717, 1.165) is 23.5 Å². The molecular weight excluding hydrogens is 252 g/mol. The minimum Gasteiger partial charge on any atom is -0.495 e. The summed E-state index contributed by atoms with van der Waals surface area (Å²) in [6.45, 7) is 2.42. The normalized spacial score (nSPS) is 10.7. The number of methoxy groups -OCH3 is 1. The third-order valence-electron chi connectivity index (χ3n) is 2.75. The molecule has 0 saturated carbocycles. The molecule has 0 radical (unpaired) electrons. The molecule has 0 unspecified atom stereocenters. The Kier molecular flexibility index (Phi) is 3.84. The van der Waals surface area contributed by atoms with Crippen LogP contribution in [0.4, 0.5) is 0 Å². The van der Waals surface area contributed by atoms with Gasteiger partial charge in [-0.2, -0.15) is 0 Å². The van der Waals surface area contributed by atoms with Crippen molar-refractivity contribution in [3.63, 3.8) is 0 Å². The molecule has 0 fully saturated rings. The molecule has 2 N–H and O–H groups in total. The Morgan fingerprint density at radius 1 is 1.44 bits per heavy atom. The summed E-state index contributed by atoms with van der Waals surface area (Å²) in [7, 11) is 1.58. The lowest BCUT2D eigenvalue weighted by Gasteiger charge is -2.08. The standard InChI is InChI=1S/C12H15ClN4O/c1-3-11-10(7-14)15-16-17(11)8-4-5-12(18-2)9(13)6-8/h4-6H,3,7,14H2,1-2H3. The zero-order chi connectivity index (χ0) is 13.1. The first-order valence-electron chi connectivity index (χ1n) is 5.68. The number of halogens is 1. The molecule has 0 bridgehead atoms. The van der Waals surface area contributed by atoms with Gasteiger partial charge in [0.15, 0.2) is 0 Å². The largest absolute Gasteiger partial charge is 0.495 e. The Hall–Kier alpha value is -1.59. The van der Waals surface area contributed by atoms with Crippen molar-refractivity contribution in [3.8, 4) is 11.4 Å². The van der Waals surface area contributed by atoms with E-state index in [2.05, 4.69) is 10.3 Å². The van der Waals surface area contributed by atoms with E-state index in [1.165, 1.54) is 0 Å². The first-order chi connectivity index (χ1) is 8.71. The van der Waals surface area contributed by atoms with E-state index in [9.17, 15) is 0 Å². The lowest BCUT2D eigenvalue weighted by molar-refractivity contribution is 0.415. The van der Waals surface area contributed by atoms with E-state index in [-0.39, 0.29) is 0 Å². The molecule has 0 atom stereocenters. The Morgan fingerprint density at radius 2 is 2.22 bits per heavy atom. The van der Waals surface area contributed by atoms with Crippen molar-refractivity contribution < 1.29 is 4.74 Å². The Morgan fingerprint density at radius 3 is 2.78 bits per heavy atom. The summed E-state index contributed by atoms with van der Waals surface area (Å²) in [5.41, 5.74) is 8.29. The fraction of sp³-hybridized carbons (Fsp3) is 0.333. The zero-order valence-electron chi connectivity index (χ0n) is 10.4. The lowest BCUT2D eigenvalue weighted by atomic mass is 10.2. The highest BCUT2D eigenvalue weighted by Gasteiger charge is 2.12. The predicted molar refractivity (Wildman–Crippen MR) is 70.2 cm³/mol. The molecule has 0 amide bonds. The summed E-state index contributed by atoms with van der Waals surface area (Å²) >= 11 is 6.10. The van der Waals surface area contributed by atoms with E-state index in [1.54, 1.807) is 23.9 Å². The minimum absolute atomic E-state index is 0.382. The number of rotatable bonds is 4. The number of hydrogen-bond donors (Lipinski definition) is 1. The second-order valence-electron chi connectivity index (χ2n) is 3.77. The number of ether oxygens (including phenoxy) is 1. The molecule has 18 heavy (non-hydrogen) atoms. The average molecular weight is 267 g/mol. The van der Waals surface area contributed by atoms with Crippen LogP contribution in [0.5, 0.6) is 5.75 Å². The van der Waals surface area contributed by atoms with Crippen molar-refractivity contribution in [2.75, 3.05) is 7.11 Å². The quantitative estimate of drug-likeness (QED) is 0.919. The van der Waals surface area contributed by atoms with Gasteiger partial charge in [-0.15, -0.1) is 5.10 Å². The van der Waals surface area contributed by atoms with E-state index < -0.39 is 0 Å². The van der Waals surface area contributed by atoms with Crippen LogP contribution in [0.25, 0.3) is 5.69 Å². The number of hydrogen-bond acceptors (Lipinski definition) is 4.